The summed E-state index contributed by atoms with van der Waals surface area (Å²) in [6, 6.07) is 0. The SMILES string of the molecule is NC1(O)OC2OCC(O)C2C1(N)N. The third kappa shape index (κ3) is 1.03. The molecule has 2 aliphatic heterocycles. The third-order valence-corrected chi connectivity index (χ3v) is 2.61. The lowest BCUT2D eigenvalue weighted by Crippen LogP contribution is -2.73. The molecular formula is C6H13N3O4. The highest BCUT2D eigenvalue weighted by Gasteiger charge is 2.65. The molecule has 0 amide bonds. The molecule has 2 rings (SSSR count). The van der Waals surface area contributed by atoms with Gasteiger partial charge in [0.15, 0.2) is 6.29 Å². The van der Waals surface area contributed by atoms with Crippen LogP contribution in [0.25, 0.3) is 0 Å². The predicted octanol–water partition coefficient (Wildman–Crippen LogP) is -3.43. The van der Waals surface area contributed by atoms with Crippen molar-refractivity contribution >= 4 is 0 Å². The van der Waals surface area contributed by atoms with Gasteiger partial charge < -0.3 is 31.2 Å². The molecule has 2 saturated heterocycles. The van der Waals surface area contributed by atoms with Crippen LogP contribution in [0, 0.1) is 5.92 Å². The van der Waals surface area contributed by atoms with Crippen LogP contribution >= 0.6 is 0 Å². The lowest BCUT2D eigenvalue weighted by atomic mass is 9.90. The minimum Gasteiger partial charge on any atom is -0.390 e. The molecule has 4 atom stereocenters. The molecule has 0 aromatic heterocycles. The number of nitrogens with two attached hydrogens (primary N) is 3. The van der Waals surface area contributed by atoms with E-state index in [1.54, 1.807) is 0 Å². The minimum absolute atomic E-state index is 0.0849. The van der Waals surface area contributed by atoms with Crippen molar-refractivity contribution in [3.63, 3.8) is 0 Å². The molecule has 0 radical (unpaired) electrons. The average molecular weight is 191 g/mol. The normalized spacial score (nSPS) is 53.8. The second-order valence-electron chi connectivity index (χ2n) is 3.54. The molecule has 2 fully saturated rings. The Bertz CT molecular complexity index is 232. The van der Waals surface area contributed by atoms with Crippen molar-refractivity contribution in [2.45, 2.75) is 24.0 Å². The lowest BCUT2D eigenvalue weighted by molar-refractivity contribution is -0.257. The molecule has 0 spiro atoms. The lowest BCUT2D eigenvalue weighted by Gasteiger charge is -2.33. The van der Waals surface area contributed by atoms with Crippen LogP contribution in [-0.2, 0) is 9.47 Å². The van der Waals surface area contributed by atoms with Gasteiger partial charge in [0.1, 0.15) is 5.66 Å². The van der Waals surface area contributed by atoms with Gasteiger partial charge in [-0.25, -0.2) is 0 Å². The van der Waals surface area contributed by atoms with Gasteiger partial charge in [-0.3, -0.25) is 5.73 Å². The maximum Gasteiger partial charge on any atom is 0.258 e. The fourth-order valence-electron chi connectivity index (χ4n) is 1.75. The summed E-state index contributed by atoms with van der Waals surface area (Å²) in [5, 5.41) is 18.9. The molecule has 4 unspecified atom stereocenters. The van der Waals surface area contributed by atoms with Crippen molar-refractivity contribution in [2.24, 2.45) is 23.1 Å². The van der Waals surface area contributed by atoms with E-state index < -0.39 is 29.9 Å². The molecule has 8 N–H and O–H groups in total. The summed E-state index contributed by atoms with van der Waals surface area (Å²) in [5.41, 5.74) is 14.7. The van der Waals surface area contributed by atoms with Gasteiger partial charge in [0.2, 0.25) is 0 Å². The van der Waals surface area contributed by atoms with Gasteiger partial charge in [-0.2, -0.15) is 0 Å². The Morgan fingerprint density at radius 3 is 2.46 bits per heavy atom. The van der Waals surface area contributed by atoms with Gasteiger partial charge in [-0.15, -0.1) is 0 Å². The summed E-state index contributed by atoms with van der Waals surface area (Å²) < 4.78 is 9.85. The third-order valence-electron chi connectivity index (χ3n) is 2.61. The number of hydrogen-bond acceptors (Lipinski definition) is 7. The molecule has 0 saturated carbocycles. The average Bonchev–Trinajstić information content (AvgIpc) is 2.37. The Balaban J connectivity index is 2.32. The molecule has 2 heterocycles. The zero-order chi connectivity index (χ0) is 9.85. The second-order valence-corrected chi connectivity index (χ2v) is 3.54. The van der Waals surface area contributed by atoms with Gasteiger partial charge in [0.25, 0.3) is 5.91 Å². The van der Waals surface area contributed by atoms with Crippen LogP contribution in [-0.4, -0.2) is 40.8 Å². The molecule has 13 heavy (non-hydrogen) atoms. The Hall–Kier alpha value is -0.280. The van der Waals surface area contributed by atoms with Crippen molar-refractivity contribution in [3.05, 3.63) is 0 Å². The van der Waals surface area contributed by atoms with Crippen molar-refractivity contribution in [1.82, 2.24) is 0 Å². The van der Waals surface area contributed by atoms with E-state index in [-0.39, 0.29) is 6.61 Å². The molecule has 0 aromatic carbocycles. The summed E-state index contributed by atoms with van der Waals surface area (Å²) in [7, 11) is 0. The summed E-state index contributed by atoms with van der Waals surface area (Å²) in [5.74, 6) is -2.87. The smallest absolute Gasteiger partial charge is 0.258 e. The van der Waals surface area contributed by atoms with Crippen LogP contribution in [0.5, 0.6) is 0 Å². The fraction of sp³-hybridized carbons (Fsp3) is 1.00. The zero-order valence-electron chi connectivity index (χ0n) is 6.88. The number of aliphatic hydroxyl groups is 2. The van der Waals surface area contributed by atoms with E-state index in [1.807, 2.05) is 0 Å². The number of hydrogen-bond donors (Lipinski definition) is 5. The van der Waals surface area contributed by atoms with Crippen molar-refractivity contribution < 1.29 is 19.7 Å². The van der Waals surface area contributed by atoms with Crippen molar-refractivity contribution in [3.8, 4) is 0 Å². The summed E-state index contributed by atoms with van der Waals surface area (Å²) in [4.78, 5) is 0. The first-order valence-corrected chi connectivity index (χ1v) is 3.93. The maximum atomic E-state index is 9.46. The Morgan fingerprint density at radius 2 is 1.92 bits per heavy atom. The topological polar surface area (TPSA) is 137 Å². The monoisotopic (exact) mass is 191 g/mol. The van der Waals surface area contributed by atoms with Gasteiger partial charge in [0, 0.05) is 0 Å². The fourth-order valence-corrected chi connectivity index (χ4v) is 1.75. The molecule has 76 valence electrons. The molecule has 0 aliphatic carbocycles. The largest absolute Gasteiger partial charge is 0.390 e. The van der Waals surface area contributed by atoms with E-state index in [4.69, 9.17) is 26.7 Å². The van der Waals surface area contributed by atoms with Crippen LogP contribution in [0.1, 0.15) is 0 Å². The Kier molecular flexibility index (Phi) is 1.71. The predicted molar refractivity (Wildman–Crippen MR) is 40.6 cm³/mol. The first-order valence-electron chi connectivity index (χ1n) is 3.93. The molecule has 2 aliphatic rings. The van der Waals surface area contributed by atoms with E-state index >= 15 is 0 Å². The number of ether oxygens (including phenoxy) is 2. The van der Waals surface area contributed by atoms with E-state index in [9.17, 15) is 10.2 Å². The van der Waals surface area contributed by atoms with Crippen LogP contribution in [0.3, 0.4) is 0 Å². The van der Waals surface area contributed by atoms with E-state index in [0.29, 0.717) is 0 Å². The summed E-state index contributed by atoms with van der Waals surface area (Å²) in [6.45, 7) is 0.0849. The van der Waals surface area contributed by atoms with Gasteiger partial charge >= 0.3 is 0 Å². The zero-order valence-corrected chi connectivity index (χ0v) is 6.88. The number of rotatable bonds is 0. The Labute approximate surface area is 74.4 Å². The first kappa shape index (κ1) is 9.28. The maximum absolute atomic E-state index is 9.46. The quantitative estimate of drug-likeness (QED) is 0.251. The van der Waals surface area contributed by atoms with Gasteiger partial charge in [-0.1, -0.05) is 0 Å². The van der Waals surface area contributed by atoms with Crippen LogP contribution in [0.2, 0.25) is 0 Å². The van der Waals surface area contributed by atoms with E-state index in [2.05, 4.69) is 0 Å². The highest BCUT2D eigenvalue weighted by atomic mass is 16.8. The summed E-state index contributed by atoms with van der Waals surface area (Å²) >= 11 is 0. The van der Waals surface area contributed by atoms with Gasteiger partial charge in [0.05, 0.1) is 18.6 Å². The molecule has 0 bridgehead atoms. The van der Waals surface area contributed by atoms with Crippen LogP contribution in [0.4, 0.5) is 0 Å². The highest BCUT2D eigenvalue weighted by Crippen LogP contribution is 2.40. The molecule has 7 nitrogen and oxygen atoms in total. The highest BCUT2D eigenvalue weighted by molar-refractivity contribution is 5.06. The van der Waals surface area contributed by atoms with E-state index in [1.165, 1.54) is 0 Å². The molecular weight excluding hydrogens is 178 g/mol. The van der Waals surface area contributed by atoms with Crippen LogP contribution in [0.15, 0.2) is 0 Å². The standard InChI is InChI=1S/C6H13N3O4/c7-5(8)3-2(10)1-12-4(3)13-6(5,9)11/h2-4,10-11H,1,7-9H2. The van der Waals surface area contributed by atoms with E-state index in [0.717, 1.165) is 0 Å². The van der Waals surface area contributed by atoms with Crippen LogP contribution < -0.4 is 17.2 Å². The molecule has 0 aromatic rings. The minimum atomic E-state index is -2.16. The van der Waals surface area contributed by atoms with Crippen molar-refractivity contribution in [1.29, 1.82) is 0 Å². The first-order chi connectivity index (χ1) is 5.86. The number of aliphatic hydroxyl groups excluding tert-OH is 1. The van der Waals surface area contributed by atoms with Gasteiger partial charge in [-0.05, 0) is 0 Å². The number of fused-ring (bicyclic) bond motifs is 1. The summed E-state index contributed by atoms with van der Waals surface area (Å²) in [6.07, 6.45) is -1.70. The second kappa shape index (κ2) is 2.39. The van der Waals surface area contributed by atoms with Crippen molar-refractivity contribution in [2.75, 3.05) is 6.61 Å². The Morgan fingerprint density at radius 1 is 1.31 bits per heavy atom. The molecule has 7 heteroatoms.